The molecule has 0 bridgehead atoms. The zero-order valence-electron chi connectivity index (χ0n) is 19.7. The Kier molecular flexibility index (Phi) is 7.63. The average Bonchev–Trinajstić information content (AvgIpc) is 2.89. The Balaban J connectivity index is 1.40. The summed E-state index contributed by atoms with van der Waals surface area (Å²) in [5, 5.41) is 3.17. The maximum absolute atomic E-state index is 13.1. The fourth-order valence-electron chi connectivity index (χ4n) is 4.71. The lowest BCUT2D eigenvalue weighted by Crippen LogP contribution is -2.47. The van der Waals surface area contributed by atoms with Gasteiger partial charge in [-0.05, 0) is 36.5 Å². The van der Waals surface area contributed by atoms with Crippen LogP contribution < -0.4 is 5.32 Å². The highest BCUT2D eigenvalue weighted by atomic mass is 16.6. The van der Waals surface area contributed by atoms with E-state index < -0.39 is 0 Å². The molecule has 1 unspecified atom stereocenters. The minimum atomic E-state index is -0.308. The maximum Gasteiger partial charge on any atom is 0.410 e. The zero-order chi connectivity index (χ0) is 23.8. The number of carbonyl (C=O) groups is 2. The molecule has 1 aliphatic rings. The van der Waals surface area contributed by atoms with Crippen molar-refractivity contribution in [2.45, 2.75) is 44.2 Å². The van der Waals surface area contributed by atoms with Crippen molar-refractivity contribution in [3.8, 4) is 0 Å². The van der Waals surface area contributed by atoms with Gasteiger partial charge in [-0.1, -0.05) is 91.0 Å². The van der Waals surface area contributed by atoms with Gasteiger partial charge in [0.2, 0.25) is 5.91 Å². The molecule has 1 fully saturated rings. The van der Waals surface area contributed by atoms with Gasteiger partial charge in [-0.25, -0.2) is 4.79 Å². The number of likely N-dealkylation sites (tertiary alicyclic amines) is 1. The van der Waals surface area contributed by atoms with Gasteiger partial charge in [0.1, 0.15) is 6.61 Å². The van der Waals surface area contributed by atoms with E-state index in [1.807, 2.05) is 85.8 Å². The summed E-state index contributed by atoms with van der Waals surface area (Å²) < 4.78 is 5.53. The number of rotatable bonds is 7. The van der Waals surface area contributed by atoms with Crippen LogP contribution in [0.2, 0.25) is 0 Å². The van der Waals surface area contributed by atoms with Gasteiger partial charge in [-0.15, -0.1) is 0 Å². The van der Waals surface area contributed by atoms with Crippen LogP contribution >= 0.6 is 0 Å². The van der Waals surface area contributed by atoms with E-state index in [-0.39, 0.29) is 30.1 Å². The molecule has 0 radical (unpaired) electrons. The van der Waals surface area contributed by atoms with Gasteiger partial charge in [0.05, 0.1) is 6.04 Å². The number of nitrogens with zero attached hydrogens (tertiary/aromatic N) is 1. The Morgan fingerprint density at radius 1 is 0.882 bits per heavy atom. The van der Waals surface area contributed by atoms with Crippen LogP contribution in [0.4, 0.5) is 4.79 Å². The van der Waals surface area contributed by atoms with Crippen LogP contribution in [0.1, 0.15) is 48.9 Å². The van der Waals surface area contributed by atoms with Gasteiger partial charge in [-0.3, -0.25) is 4.79 Å². The van der Waals surface area contributed by atoms with Gasteiger partial charge >= 0.3 is 6.09 Å². The summed E-state index contributed by atoms with van der Waals surface area (Å²) in [6.45, 7) is 3.39. The molecular formula is C29H32N2O3. The highest BCUT2D eigenvalue weighted by Gasteiger charge is 2.39. The minimum absolute atomic E-state index is 0.0281. The van der Waals surface area contributed by atoms with Gasteiger partial charge in [0.25, 0.3) is 0 Å². The predicted octanol–water partition coefficient (Wildman–Crippen LogP) is 5.62. The second kappa shape index (κ2) is 11.0. The first kappa shape index (κ1) is 23.6. The highest BCUT2D eigenvalue weighted by molar-refractivity contribution is 5.78. The first-order chi connectivity index (χ1) is 16.6. The Morgan fingerprint density at radius 3 is 2.06 bits per heavy atom. The highest BCUT2D eigenvalue weighted by Crippen LogP contribution is 2.39. The summed E-state index contributed by atoms with van der Waals surface area (Å²) in [6.07, 6.45) is 1.52. The smallest absolute Gasteiger partial charge is 0.410 e. The SMILES string of the molecule is CC(NC(=O)CC1(c2ccccc2)CCN(C(=O)OCc2ccccc2)CC1)c1ccccc1. The van der Waals surface area contributed by atoms with Crippen molar-refractivity contribution in [3.63, 3.8) is 0 Å². The predicted molar refractivity (Wildman–Crippen MR) is 133 cm³/mol. The largest absolute Gasteiger partial charge is 0.445 e. The van der Waals surface area contributed by atoms with Crippen LogP contribution in [-0.2, 0) is 21.6 Å². The Bertz CT molecular complexity index is 1060. The molecule has 0 spiro atoms. The normalized spacial score (nSPS) is 15.9. The summed E-state index contributed by atoms with van der Waals surface area (Å²) in [7, 11) is 0. The summed E-state index contributed by atoms with van der Waals surface area (Å²) in [5.41, 5.74) is 2.89. The van der Waals surface area contributed by atoms with Crippen LogP contribution in [0.15, 0.2) is 91.0 Å². The molecule has 1 aliphatic heterocycles. The van der Waals surface area contributed by atoms with Crippen molar-refractivity contribution in [1.29, 1.82) is 0 Å². The van der Waals surface area contributed by atoms with Crippen LogP contribution in [-0.4, -0.2) is 30.0 Å². The summed E-state index contributed by atoms with van der Waals surface area (Å²) >= 11 is 0. The van der Waals surface area contributed by atoms with Crippen molar-refractivity contribution < 1.29 is 14.3 Å². The lowest BCUT2D eigenvalue weighted by Gasteiger charge is -2.41. The molecule has 3 aromatic carbocycles. The molecule has 2 amide bonds. The standard InChI is InChI=1S/C29H32N2O3/c1-23(25-13-7-3-8-14-25)30-27(32)21-29(26-15-9-4-10-16-26)17-19-31(20-18-29)28(33)34-22-24-11-5-2-6-12-24/h2-16,23H,17-22H2,1H3,(H,30,32). The fraction of sp³-hybridized carbons (Fsp3) is 0.310. The van der Waals surface area contributed by atoms with Gasteiger partial charge < -0.3 is 15.0 Å². The fourth-order valence-corrected chi connectivity index (χ4v) is 4.71. The zero-order valence-corrected chi connectivity index (χ0v) is 19.7. The molecular weight excluding hydrogens is 424 g/mol. The Morgan fingerprint density at radius 2 is 1.44 bits per heavy atom. The van der Waals surface area contributed by atoms with Crippen LogP contribution in [0.3, 0.4) is 0 Å². The molecule has 3 aromatic rings. The molecule has 1 saturated heterocycles. The summed E-state index contributed by atoms with van der Waals surface area (Å²) in [4.78, 5) is 27.6. The van der Waals surface area contributed by atoms with Crippen LogP contribution in [0.5, 0.6) is 0 Å². The van der Waals surface area contributed by atoms with Gasteiger partial charge in [0.15, 0.2) is 0 Å². The molecule has 5 nitrogen and oxygen atoms in total. The molecule has 0 aliphatic carbocycles. The summed E-state index contributed by atoms with van der Waals surface area (Å²) in [6, 6.07) is 29.8. The van der Waals surface area contributed by atoms with Crippen molar-refractivity contribution in [1.82, 2.24) is 10.2 Å². The third-order valence-corrected chi connectivity index (χ3v) is 6.75. The van der Waals surface area contributed by atoms with E-state index >= 15 is 0 Å². The van der Waals surface area contributed by atoms with Crippen LogP contribution in [0.25, 0.3) is 0 Å². The van der Waals surface area contributed by atoms with Crippen molar-refractivity contribution in [3.05, 3.63) is 108 Å². The maximum atomic E-state index is 13.1. The first-order valence-electron chi connectivity index (χ1n) is 11.9. The molecule has 5 heteroatoms. The van der Waals surface area contributed by atoms with Gasteiger partial charge in [0, 0.05) is 24.9 Å². The van der Waals surface area contributed by atoms with E-state index in [4.69, 9.17) is 4.74 Å². The number of hydrogen-bond donors (Lipinski definition) is 1. The van der Waals surface area contributed by atoms with E-state index in [0.29, 0.717) is 32.4 Å². The van der Waals surface area contributed by atoms with E-state index in [9.17, 15) is 9.59 Å². The lowest BCUT2D eigenvalue weighted by molar-refractivity contribution is -0.123. The monoisotopic (exact) mass is 456 g/mol. The van der Waals surface area contributed by atoms with E-state index in [1.54, 1.807) is 4.90 Å². The Labute approximate surface area is 201 Å². The lowest BCUT2D eigenvalue weighted by atomic mass is 9.70. The van der Waals surface area contributed by atoms with E-state index in [0.717, 1.165) is 16.7 Å². The Hall–Kier alpha value is -3.60. The van der Waals surface area contributed by atoms with E-state index in [1.165, 1.54) is 0 Å². The number of benzene rings is 3. The topological polar surface area (TPSA) is 58.6 Å². The first-order valence-corrected chi connectivity index (χ1v) is 11.9. The molecule has 1 heterocycles. The molecule has 1 N–H and O–H groups in total. The number of nitrogens with one attached hydrogen (secondary N) is 1. The van der Waals surface area contributed by atoms with Crippen molar-refractivity contribution >= 4 is 12.0 Å². The number of ether oxygens (including phenoxy) is 1. The van der Waals surface area contributed by atoms with Crippen molar-refractivity contribution in [2.24, 2.45) is 0 Å². The number of amides is 2. The minimum Gasteiger partial charge on any atom is -0.445 e. The van der Waals surface area contributed by atoms with Crippen molar-refractivity contribution in [2.75, 3.05) is 13.1 Å². The van der Waals surface area contributed by atoms with Crippen LogP contribution in [0, 0.1) is 0 Å². The second-order valence-corrected chi connectivity index (χ2v) is 9.05. The summed E-state index contributed by atoms with van der Waals surface area (Å²) in [5.74, 6) is 0.0281. The molecule has 0 saturated carbocycles. The third kappa shape index (κ3) is 5.84. The molecule has 1 atom stereocenters. The van der Waals surface area contributed by atoms with Gasteiger partial charge in [-0.2, -0.15) is 0 Å². The number of hydrogen-bond acceptors (Lipinski definition) is 3. The molecule has 34 heavy (non-hydrogen) atoms. The molecule has 4 rings (SSSR count). The number of carbonyl (C=O) groups excluding carboxylic acids is 2. The molecule has 0 aromatic heterocycles. The number of piperidine rings is 1. The van der Waals surface area contributed by atoms with E-state index in [2.05, 4.69) is 17.4 Å². The second-order valence-electron chi connectivity index (χ2n) is 9.05. The molecule has 176 valence electrons. The quantitative estimate of drug-likeness (QED) is 0.502. The third-order valence-electron chi connectivity index (χ3n) is 6.75. The average molecular weight is 457 g/mol.